The minimum atomic E-state index is -2.88. The third-order valence-corrected chi connectivity index (χ3v) is 4.72. The summed E-state index contributed by atoms with van der Waals surface area (Å²) < 4.78 is 25.1. The van der Waals surface area contributed by atoms with E-state index in [1.165, 1.54) is 5.56 Å². The van der Waals surface area contributed by atoms with Gasteiger partial charge >= 0.3 is 0 Å². The molecule has 0 saturated carbocycles. The molecule has 0 spiro atoms. The van der Waals surface area contributed by atoms with Gasteiger partial charge in [-0.3, -0.25) is 0 Å². The number of nitrogens with zero attached hydrogens (tertiary/aromatic N) is 1. The average Bonchev–Trinajstić information content (AvgIpc) is 2.74. The third kappa shape index (κ3) is 4.52. The van der Waals surface area contributed by atoms with Crippen molar-refractivity contribution in [2.45, 2.75) is 32.9 Å². The molecule has 0 aliphatic heterocycles. The molecule has 0 bridgehead atoms. The second-order valence-corrected chi connectivity index (χ2v) is 6.65. The predicted molar refractivity (Wildman–Crippen MR) is 70.9 cm³/mol. The maximum atomic E-state index is 11.6. The van der Waals surface area contributed by atoms with E-state index in [1.54, 1.807) is 0 Å². The van der Waals surface area contributed by atoms with Crippen molar-refractivity contribution < 1.29 is 8.42 Å². The van der Waals surface area contributed by atoms with Gasteiger partial charge in [0.15, 0.2) is 9.84 Å². The van der Waals surface area contributed by atoms with E-state index in [-0.39, 0.29) is 11.5 Å². The normalized spacial score (nSPS) is 13.8. The van der Waals surface area contributed by atoms with Gasteiger partial charge in [-0.2, -0.15) is 0 Å². The zero-order chi connectivity index (χ0) is 12.9. The molecule has 0 saturated heterocycles. The monoisotopic (exact) mass is 258 g/mol. The van der Waals surface area contributed by atoms with E-state index >= 15 is 0 Å². The number of rotatable bonds is 7. The molecular formula is C12H22N2O2S. The molecule has 17 heavy (non-hydrogen) atoms. The first-order valence-corrected chi connectivity index (χ1v) is 7.84. The smallest absolute Gasteiger partial charge is 0.152 e. The zero-order valence-electron chi connectivity index (χ0n) is 10.8. The first-order chi connectivity index (χ1) is 7.98. The van der Waals surface area contributed by atoms with Crippen LogP contribution in [0.5, 0.6) is 0 Å². The summed E-state index contributed by atoms with van der Waals surface area (Å²) in [5, 5.41) is 3.16. The van der Waals surface area contributed by atoms with Gasteiger partial charge in [0.2, 0.25) is 0 Å². The Hall–Kier alpha value is -0.810. The van der Waals surface area contributed by atoms with Gasteiger partial charge in [0, 0.05) is 30.7 Å². The molecule has 0 aromatic carbocycles. The summed E-state index contributed by atoms with van der Waals surface area (Å²) in [6.07, 6.45) is 4.63. The molecule has 98 valence electrons. The number of hydrogen-bond acceptors (Lipinski definition) is 3. The number of nitrogens with one attached hydrogen (secondary N) is 1. The third-order valence-electron chi connectivity index (χ3n) is 2.88. The van der Waals surface area contributed by atoms with Crippen LogP contribution in [0.3, 0.4) is 0 Å². The van der Waals surface area contributed by atoms with Crippen LogP contribution >= 0.6 is 0 Å². The molecule has 0 fully saturated rings. The molecule has 1 unspecified atom stereocenters. The van der Waals surface area contributed by atoms with Crippen LogP contribution in [0.2, 0.25) is 0 Å². The summed E-state index contributed by atoms with van der Waals surface area (Å²) in [6, 6.07) is 2.32. The highest BCUT2D eigenvalue weighted by Gasteiger charge is 2.10. The van der Waals surface area contributed by atoms with Crippen molar-refractivity contribution in [2.24, 2.45) is 0 Å². The lowest BCUT2D eigenvalue weighted by atomic mass is 10.2. The Labute approximate surface area is 104 Å². The van der Waals surface area contributed by atoms with Crippen LogP contribution in [0, 0.1) is 0 Å². The van der Waals surface area contributed by atoms with Gasteiger partial charge in [0.05, 0.1) is 5.75 Å². The molecule has 5 heteroatoms. The van der Waals surface area contributed by atoms with Crippen LogP contribution < -0.4 is 5.32 Å². The minimum Gasteiger partial charge on any atom is -0.353 e. The van der Waals surface area contributed by atoms with E-state index in [9.17, 15) is 8.42 Å². The van der Waals surface area contributed by atoms with Gasteiger partial charge in [-0.15, -0.1) is 0 Å². The largest absolute Gasteiger partial charge is 0.353 e. The minimum absolute atomic E-state index is 0.225. The summed E-state index contributed by atoms with van der Waals surface area (Å²) in [5.41, 5.74) is 1.18. The van der Waals surface area contributed by atoms with Crippen LogP contribution in [0.15, 0.2) is 18.5 Å². The second kappa shape index (κ2) is 6.21. The molecule has 1 atom stereocenters. The average molecular weight is 258 g/mol. The van der Waals surface area contributed by atoms with Gasteiger partial charge in [0.25, 0.3) is 0 Å². The molecule has 1 aromatic rings. The first kappa shape index (κ1) is 14.3. The lowest BCUT2D eigenvalue weighted by Gasteiger charge is -2.07. The van der Waals surface area contributed by atoms with Gasteiger partial charge in [0.1, 0.15) is 0 Å². The Kier molecular flexibility index (Phi) is 5.21. The molecule has 0 amide bonds. The summed E-state index contributed by atoms with van der Waals surface area (Å²) in [5.74, 6) is 0.511. The van der Waals surface area contributed by atoms with Gasteiger partial charge in [-0.05, 0) is 32.0 Å². The van der Waals surface area contributed by atoms with Crippen LogP contribution in [-0.4, -0.2) is 31.5 Å². The van der Waals surface area contributed by atoms with Crippen molar-refractivity contribution in [2.75, 3.05) is 18.6 Å². The summed E-state index contributed by atoms with van der Waals surface area (Å²) in [7, 11) is -0.972. The lowest BCUT2D eigenvalue weighted by molar-refractivity contribution is 0.587. The fourth-order valence-corrected chi connectivity index (χ4v) is 2.99. The standard InChI is InChI=1S/C12H22N2O2S/c1-4-8-17(15,16)9-7-14-6-5-12(10-14)11(2)13-3/h5-6,10-11,13H,4,7-9H2,1-3H3. The highest BCUT2D eigenvalue weighted by molar-refractivity contribution is 7.91. The molecule has 1 heterocycles. The van der Waals surface area contributed by atoms with Crippen molar-refractivity contribution in [3.05, 3.63) is 24.0 Å². The molecule has 1 N–H and O–H groups in total. The molecule has 0 radical (unpaired) electrons. The van der Waals surface area contributed by atoms with Gasteiger partial charge in [-0.25, -0.2) is 8.42 Å². The van der Waals surface area contributed by atoms with Crippen LogP contribution in [0.25, 0.3) is 0 Å². The number of aromatic nitrogens is 1. The number of hydrogen-bond donors (Lipinski definition) is 1. The molecule has 1 rings (SSSR count). The van der Waals surface area contributed by atoms with E-state index in [0.717, 1.165) is 0 Å². The van der Waals surface area contributed by atoms with Crippen LogP contribution in [0.1, 0.15) is 31.9 Å². The fraction of sp³-hybridized carbons (Fsp3) is 0.667. The molecule has 0 aliphatic carbocycles. The Balaban J connectivity index is 2.56. The lowest BCUT2D eigenvalue weighted by Crippen LogP contribution is -2.15. The highest BCUT2D eigenvalue weighted by Crippen LogP contribution is 2.12. The fourth-order valence-electron chi connectivity index (χ4n) is 1.68. The van der Waals surface area contributed by atoms with Crippen LogP contribution in [-0.2, 0) is 16.4 Å². The maximum Gasteiger partial charge on any atom is 0.152 e. The quantitative estimate of drug-likeness (QED) is 0.808. The number of aryl methyl sites for hydroxylation is 1. The first-order valence-electron chi connectivity index (χ1n) is 6.02. The molecular weight excluding hydrogens is 236 g/mol. The van der Waals surface area contributed by atoms with E-state index in [2.05, 4.69) is 12.2 Å². The van der Waals surface area contributed by atoms with E-state index in [4.69, 9.17) is 0 Å². The Morgan fingerprint density at radius 3 is 2.71 bits per heavy atom. The summed E-state index contributed by atoms with van der Waals surface area (Å²) in [4.78, 5) is 0. The number of sulfone groups is 1. The summed E-state index contributed by atoms with van der Waals surface area (Å²) in [6.45, 7) is 4.51. The van der Waals surface area contributed by atoms with Crippen molar-refractivity contribution in [1.29, 1.82) is 0 Å². The zero-order valence-corrected chi connectivity index (χ0v) is 11.6. The molecule has 4 nitrogen and oxygen atoms in total. The highest BCUT2D eigenvalue weighted by atomic mass is 32.2. The van der Waals surface area contributed by atoms with E-state index in [1.807, 2.05) is 37.0 Å². The Morgan fingerprint density at radius 2 is 2.12 bits per heavy atom. The van der Waals surface area contributed by atoms with E-state index < -0.39 is 9.84 Å². The topological polar surface area (TPSA) is 51.1 Å². The maximum absolute atomic E-state index is 11.6. The van der Waals surface area contributed by atoms with Crippen molar-refractivity contribution >= 4 is 9.84 Å². The second-order valence-electron chi connectivity index (χ2n) is 4.34. The van der Waals surface area contributed by atoms with Crippen molar-refractivity contribution in [3.63, 3.8) is 0 Å². The molecule has 0 aliphatic rings. The van der Waals surface area contributed by atoms with Gasteiger partial charge < -0.3 is 9.88 Å². The SMILES string of the molecule is CCCS(=O)(=O)CCn1ccc(C(C)NC)c1. The predicted octanol–water partition coefficient (Wildman–Crippen LogP) is 1.59. The van der Waals surface area contributed by atoms with E-state index in [0.29, 0.717) is 19.0 Å². The summed E-state index contributed by atoms with van der Waals surface area (Å²) >= 11 is 0. The van der Waals surface area contributed by atoms with Crippen molar-refractivity contribution in [3.8, 4) is 0 Å². The van der Waals surface area contributed by atoms with Crippen molar-refractivity contribution in [1.82, 2.24) is 9.88 Å². The van der Waals surface area contributed by atoms with Gasteiger partial charge in [-0.1, -0.05) is 6.92 Å². The Bertz CT molecular complexity index is 437. The molecule has 1 aromatic heterocycles. The Morgan fingerprint density at radius 1 is 1.41 bits per heavy atom. The van der Waals surface area contributed by atoms with Crippen LogP contribution in [0.4, 0.5) is 0 Å².